The van der Waals surface area contributed by atoms with E-state index in [0.717, 1.165) is 50.9 Å². The molecule has 9 rings (SSSR count). The number of aromatic nitrogens is 2. The number of likely N-dealkylation sites (tertiary alicyclic amines) is 1. The Bertz CT molecular complexity index is 1970. The monoisotopic (exact) mass is 681 g/mol. The van der Waals surface area contributed by atoms with Crippen molar-refractivity contribution in [2.75, 3.05) is 44.2 Å². The average Bonchev–Trinajstić information content (AvgIpc) is 4.03. The van der Waals surface area contributed by atoms with Gasteiger partial charge in [-0.15, -0.1) is 0 Å². The number of benzene rings is 3. The first-order valence-electron chi connectivity index (χ1n) is 19.0. The number of hydrogen-bond donors (Lipinski definition) is 2. The molecule has 7 nitrogen and oxygen atoms in total. The zero-order valence-corrected chi connectivity index (χ0v) is 29.6. The number of aryl methyl sites for hydroxylation is 1. The number of nitrogens with zero attached hydrogens (tertiary/aromatic N) is 4. The molecule has 9 heteroatoms. The van der Waals surface area contributed by atoms with Crippen LogP contribution in [0.5, 0.6) is 11.8 Å². The summed E-state index contributed by atoms with van der Waals surface area (Å²) in [5.41, 5.74) is 3.06. The summed E-state index contributed by atoms with van der Waals surface area (Å²) < 4.78 is 39.4. The molecule has 5 aliphatic rings. The van der Waals surface area contributed by atoms with E-state index in [9.17, 15) is 5.11 Å². The number of ether oxygens (including phenoxy) is 1. The van der Waals surface area contributed by atoms with Crippen molar-refractivity contribution in [3.63, 3.8) is 0 Å². The first-order chi connectivity index (χ1) is 24.1. The number of piperidine rings is 1. The minimum atomic E-state index is -0.487. The van der Waals surface area contributed by atoms with Gasteiger partial charge in [0.1, 0.15) is 22.9 Å². The normalized spacial score (nSPS) is 23.8. The van der Waals surface area contributed by atoms with Gasteiger partial charge in [0.25, 0.3) is 0 Å². The SMILES string of the molecule is CCc1c(F)ccc2cc(O)cc(-c3c(C(C)C)cc4c(N5CC6CCC(C5)N6)nc(OCC5(CN6CCC7(CC6)CC7)CC5)nc4c3F)c12. The summed E-state index contributed by atoms with van der Waals surface area (Å²) in [7, 11) is 0. The molecule has 264 valence electrons. The molecule has 4 heterocycles. The van der Waals surface area contributed by atoms with E-state index < -0.39 is 5.82 Å². The molecule has 2 unspecified atom stereocenters. The molecule has 3 aromatic carbocycles. The number of halogens is 2. The minimum Gasteiger partial charge on any atom is -0.508 e. The van der Waals surface area contributed by atoms with E-state index >= 15 is 8.78 Å². The molecule has 0 amide bonds. The van der Waals surface area contributed by atoms with Gasteiger partial charge in [-0.1, -0.05) is 26.8 Å². The molecule has 2 bridgehead atoms. The van der Waals surface area contributed by atoms with Crippen molar-refractivity contribution in [1.29, 1.82) is 0 Å². The molecule has 2 saturated carbocycles. The lowest BCUT2D eigenvalue weighted by molar-refractivity contribution is 0.115. The number of piperazine rings is 1. The van der Waals surface area contributed by atoms with Crippen molar-refractivity contribution < 1.29 is 18.6 Å². The van der Waals surface area contributed by atoms with E-state index in [1.165, 1.54) is 44.8 Å². The highest BCUT2D eigenvalue weighted by Gasteiger charge is 2.49. The number of aromatic hydroxyl groups is 1. The summed E-state index contributed by atoms with van der Waals surface area (Å²) in [6.45, 7) is 11.5. The molecule has 2 N–H and O–H groups in total. The van der Waals surface area contributed by atoms with E-state index in [1.54, 1.807) is 18.2 Å². The van der Waals surface area contributed by atoms with Gasteiger partial charge in [0.15, 0.2) is 5.82 Å². The van der Waals surface area contributed by atoms with Gasteiger partial charge < -0.3 is 25.0 Å². The van der Waals surface area contributed by atoms with Crippen LogP contribution in [0.3, 0.4) is 0 Å². The first-order valence-corrected chi connectivity index (χ1v) is 19.0. The summed E-state index contributed by atoms with van der Waals surface area (Å²) >= 11 is 0. The Labute approximate surface area is 293 Å². The first kappa shape index (κ1) is 32.4. The Kier molecular flexibility index (Phi) is 7.77. The molecule has 4 aromatic rings. The molecule has 2 atom stereocenters. The Morgan fingerprint density at radius 3 is 2.38 bits per heavy atom. The predicted molar refractivity (Wildman–Crippen MR) is 194 cm³/mol. The highest BCUT2D eigenvalue weighted by atomic mass is 19.1. The molecule has 50 heavy (non-hydrogen) atoms. The second-order valence-corrected chi connectivity index (χ2v) is 16.6. The summed E-state index contributed by atoms with van der Waals surface area (Å²) in [6, 6.07) is 9.27. The lowest BCUT2D eigenvalue weighted by Gasteiger charge is -2.35. The van der Waals surface area contributed by atoms with Gasteiger partial charge in [-0.25, -0.2) is 8.78 Å². The summed E-state index contributed by atoms with van der Waals surface area (Å²) in [5.74, 6) is -0.164. The van der Waals surface area contributed by atoms with Crippen LogP contribution in [0.4, 0.5) is 14.6 Å². The predicted octanol–water partition coefficient (Wildman–Crippen LogP) is 8.10. The standard InChI is InChI=1S/C41H49F2N5O2/c1-4-29-33(42)8-5-25-17-28(49)18-31(34(25)29)35-30(24(2)3)19-32-37(36(35)43)45-39(46-38(32)48-20-26-6-7-27(21-48)44-26)50-23-41(11-12-41)22-47-15-13-40(9-10-40)14-16-47/h5,8,17-19,24,26-27,44,49H,4,6-7,9-16,20-23H2,1-3H3. The average molecular weight is 682 g/mol. The molecule has 1 spiro atoms. The lowest BCUT2D eigenvalue weighted by Crippen LogP contribution is -2.51. The van der Waals surface area contributed by atoms with Gasteiger partial charge in [0.2, 0.25) is 0 Å². The molecule has 0 radical (unpaired) electrons. The zero-order valence-electron chi connectivity index (χ0n) is 29.6. The Balaban J connectivity index is 1.15. The van der Waals surface area contributed by atoms with E-state index in [0.29, 0.717) is 69.2 Å². The number of nitrogens with one attached hydrogen (secondary N) is 1. The van der Waals surface area contributed by atoms with Crippen LogP contribution >= 0.6 is 0 Å². The molecular weight excluding hydrogens is 632 g/mol. The van der Waals surface area contributed by atoms with Crippen molar-refractivity contribution in [2.24, 2.45) is 10.8 Å². The molecule has 1 aromatic heterocycles. The van der Waals surface area contributed by atoms with Crippen molar-refractivity contribution in [3.05, 3.63) is 53.1 Å². The van der Waals surface area contributed by atoms with Crippen LogP contribution < -0.4 is 15.0 Å². The topological polar surface area (TPSA) is 73.8 Å². The van der Waals surface area contributed by atoms with Crippen LogP contribution in [0, 0.1) is 22.5 Å². The number of phenolic OH excluding ortho intramolecular Hbond substituents is 1. The van der Waals surface area contributed by atoms with Crippen molar-refractivity contribution in [2.45, 2.75) is 96.6 Å². The van der Waals surface area contributed by atoms with Crippen LogP contribution in [0.15, 0.2) is 30.3 Å². The van der Waals surface area contributed by atoms with Crippen LogP contribution in [0.1, 0.15) is 89.2 Å². The largest absolute Gasteiger partial charge is 0.508 e. The summed E-state index contributed by atoms with van der Waals surface area (Å²) in [4.78, 5) is 14.8. The fourth-order valence-electron chi connectivity index (χ4n) is 9.34. The molecule has 3 aliphatic heterocycles. The van der Waals surface area contributed by atoms with Gasteiger partial charge >= 0.3 is 6.01 Å². The number of anilines is 1. The van der Waals surface area contributed by atoms with Crippen LogP contribution in [-0.2, 0) is 6.42 Å². The van der Waals surface area contributed by atoms with E-state index in [4.69, 9.17) is 14.7 Å². The van der Waals surface area contributed by atoms with E-state index in [-0.39, 0.29) is 34.4 Å². The molecule has 3 saturated heterocycles. The zero-order chi connectivity index (χ0) is 34.4. The number of hydrogen-bond acceptors (Lipinski definition) is 7. The van der Waals surface area contributed by atoms with Crippen LogP contribution in [0.25, 0.3) is 32.8 Å². The summed E-state index contributed by atoms with van der Waals surface area (Å²) in [6.07, 6.45) is 10.3. The summed E-state index contributed by atoms with van der Waals surface area (Å²) in [5, 5.41) is 16.5. The van der Waals surface area contributed by atoms with Crippen molar-refractivity contribution in [1.82, 2.24) is 20.2 Å². The maximum Gasteiger partial charge on any atom is 0.319 e. The van der Waals surface area contributed by atoms with Crippen molar-refractivity contribution >= 4 is 27.5 Å². The second-order valence-electron chi connectivity index (χ2n) is 16.6. The number of phenols is 1. The fourth-order valence-corrected chi connectivity index (χ4v) is 9.34. The smallest absolute Gasteiger partial charge is 0.319 e. The lowest BCUT2D eigenvalue weighted by atomic mass is 9.86. The molecular formula is C41H49F2N5O2. The van der Waals surface area contributed by atoms with Gasteiger partial charge in [-0.3, -0.25) is 0 Å². The van der Waals surface area contributed by atoms with Crippen LogP contribution in [0.2, 0.25) is 0 Å². The third-order valence-electron chi connectivity index (χ3n) is 12.7. The van der Waals surface area contributed by atoms with Gasteiger partial charge in [-0.2, -0.15) is 9.97 Å². The Morgan fingerprint density at radius 1 is 0.980 bits per heavy atom. The fraction of sp³-hybridized carbons (Fsp3) is 0.561. The van der Waals surface area contributed by atoms with Crippen LogP contribution in [-0.4, -0.2) is 71.4 Å². The highest BCUT2D eigenvalue weighted by Crippen LogP contribution is 2.55. The third-order valence-corrected chi connectivity index (χ3v) is 12.7. The maximum atomic E-state index is 17.6. The van der Waals surface area contributed by atoms with E-state index in [1.807, 2.05) is 26.8 Å². The maximum absolute atomic E-state index is 17.6. The quantitative estimate of drug-likeness (QED) is 0.185. The minimum absolute atomic E-state index is 0.00907. The highest BCUT2D eigenvalue weighted by molar-refractivity contribution is 6.04. The molecule has 2 aliphatic carbocycles. The Hall–Kier alpha value is -3.56. The second kappa shape index (κ2) is 12.0. The Morgan fingerprint density at radius 2 is 1.72 bits per heavy atom. The third kappa shape index (κ3) is 5.69. The number of rotatable bonds is 9. The molecule has 5 fully saturated rings. The van der Waals surface area contributed by atoms with Gasteiger partial charge in [0.05, 0.1) is 6.61 Å². The van der Waals surface area contributed by atoms with Gasteiger partial charge in [0, 0.05) is 48.1 Å². The number of fused-ring (bicyclic) bond motifs is 4. The van der Waals surface area contributed by atoms with E-state index in [2.05, 4.69) is 15.1 Å². The van der Waals surface area contributed by atoms with Crippen molar-refractivity contribution in [3.8, 4) is 22.9 Å². The van der Waals surface area contributed by atoms with Gasteiger partial charge in [-0.05, 0) is 134 Å².